The van der Waals surface area contributed by atoms with Crippen molar-refractivity contribution in [3.63, 3.8) is 0 Å². The highest BCUT2D eigenvalue weighted by Gasteiger charge is 2.17. The summed E-state index contributed by atoms with van der Waals surface area (Å²) in [5.74, 6) is -0.128. The maximum absolute atomic E-state index is 14.2. The topological polar surface area (TPSA) is 12.0 Å². The normalized spacial score (nSPS) is 12.5. The first-order valence-corrected chi connectivity index (χ1v) is 7.42. The summed E-state index contributed by atoms with van der Waals surface area (Å²) in [7, 11) is 1.89. The van der Waals surface area contributed by atoms with E-state index in [1.165, 1.54) is 22.3 Å². The second-order valence-corrected chi connectivity index (χ2v) is 5.95. The summed E-state index contributed by atoms with van der Waals surface area (Å²) >= 11 is 0. The SMILES string of the molecule is CNC(Cc1c(C)cc(C)cc1C)c1ccc(C)cc1F. The summed E-state index contributed by atoms with van der Waals surface area (Å²) in [6.07, 6.45) is 0.800. The molecule has 21 heavy (non-hydrogen) atoms. The Morgan fingerprint density at radius 3 is 2.10 bits per heavy atom. The molecule has 112 valence electrons. The largest absolute Gasteiger partial charge is 0.313 e. The summed E-state index contributed by atoms with van der Waals surface area (Å²) in [5.41, 5.74) is 6.83. The Balaban J connectivity index is 2.36. The number of aryl methyl sites for hydroxylation is 4. The van der Waals surface area contributed by atoms with Gasteiger partial charge >= 0.3 is 0 Å². The number of benzene rings is 2. The summed E-state index contributed by atoms with van der Waals surface area (Å²) in [4.78, 5) is 0. The molecule has 1 unspecified atom stereocenters. The molecule has 0 radical (unpaired) electrons. The fourth-order valence-corrected chi connectivity index (χ4v) is 3.02. The van der Waals surface area contributed by atoms with Gasteiger partial charge in [0.1, 0.15) is 5.82 Å². The molecule has 0 fully saturated rings. The van der Waals surface area contributed by atoms with E-state index in [4.69, 9.17) is 0 Å². The first kappa shape index (κ1) is 15.7. The van der Waals surface area contributed by atoms with E-state index in [2.05, 4.69) is 38.2 Å². The van der Waals surface area contributed by atoms with Crippen LogP contribution in [0.3, 0.4) is 0 Å². The Hall–Kier alpha value is -1.67. The predicted octanol–water partition coefficient (Wildman–Crippen LogP) is 4.56. The molecule has 0 saturated heterocycles. The van der Waals surface area contributed by atoms with E-state index in [0.717, 1.165) is 17.5 Å². The molecule has 2 aromatic carbocycles. The molecular weight excluding hydrogens is 261 g/mol. The number of hydrogen-bond donors (Lipinski definition) is 1. The third kappa shape index (κ3) is 3.51. The average molecular weight is 285 g/mol. The van der Waals surface area contributed by atoms with Crippen molar-refractivity contribution in [1.29, 1.82) is 0 Å². The van der Waals surface area contributed by atoms with Crippen LogP contribution >= 0.6 is 0 Å². The van der Waals surface area contributed by atoms with Crippen LogP contribution < -0.4 is 5.32 Å². The third-order valence-electron chi connectivity index (χ3n) is 4.13. The van der Waals surface area contributed by atoms with Crippen LogP contribution in [0.5, 0.6) is 0 Å². The molecule has 0 aromatic heterocycles. The van der Waals surface area contributed by atoms with Crippen LogP contribution in [0.15, 0.2) is 30.3 Å². The summed E-state index contributed by atoms with van der Waals surface area (Å²) in [6, 6.07) is 9.85. The van der Waals surface area contributed by atoms with Crippen molar-refractivity contribution in [2.24, 2.45) is 0 Å². The Morgan fingerprint density at radius 2 is 1.57 bits per heavy atom. The van der Waals surface area contributed by atoms with Crippen molar-refractivity contribution in [2.45, 2.75) is 40.2 Å². The fraction of sp³-hybridized carbons (Fsp3) is 0.368. The Morgan fingerprint density at radius 1 is 0.952 bits per heavy atom. The molecule has 1 N–H and O–H groups in total. The molecule has 0 bridgehead atoms. The van der Waals surface area contributed by atoms with Gasteiger partial charge in [0.15, 0.2) is 0 Å². The number of likely N-dealkylation sites (N-methyl/N-ethyl adjacent to an activating group) is 1. The van der Waals surface area contributed by atoms with E-state index in [1.54, 1.807) is 6.07 Å². The fourth-order valence-electron chi connectivity index (χ4n) is 3.02. The number of rotatable bonds is 4. The minimum Gasteiger partial charge on any atom is -0.313 e. The van der Waals surface area contributed by atoms with E-state index in [1.807, 2.05) is 26.1 Å². The maximum atomic E-state index is 14.2. The number of halogens is 1. The van der Waals surface area contributed by atoms with Gasteiger partial charge in [-0.1, -0.05) is 29.8 Å². The summed E-state index contributed by atoms with van der Waals surface area (Å²) in [5, 5.41) is 3.26. The Bertz CT molecular complexity index is 623. The minimum absolute atomic E-state index is 0.00861. The van der Waals surface area contributed by atoms with E-state index >= 15 is 0 Å². The monoisotopic (exact) mass is 285 g/mol. The zero-order valence-corrected chi connectivity index (χ0v) is 13.5. The van der Waals surface area contributed by atoms with Gasteiger partial charge in [0.25, 0.3) is 0 Å². The van der Waals surface area contributed by atoms with Gasteiger partial charge in [0, 0.05) is 11.6 Å². The van der Waals surface area contributed by atoms with E-state index < -0.39 is 0 Å². The molecule has 1 atom stereocenters. The Labute approximate surface area is 127 Å². The molecular formula is C19H24FN. The molecule has 0 spiro atoms. The molecule has 2 heteroatoms. The van der Waals surface area contributed by atoms with Crippen LogP contribution in [0, 0.1) is 33.5 Å². The summed E-state index contributed by atoms with van der Waals surface area (Å²) in [6.45, 7) is 8.29. The lowest BCUT2D eigenvalue weighted by Crippen LogP contribution is -2.21. The lowest BCUT2D eigenvalue weighted by molar-refractivity contribution is 0.532. The lowest BCUT2D eigenvalue weighted by Gasteiger charge is -2.21. The van der Waals surface area contributed by atoms with Crippen LogP contribution in [0.1, 0.15) is 39.4 Å². The van der Waals surface area contributed by atoms with Crippen molar-refractivity contribution in [1.82, 2.24) is 5.32 Å². The first-order chi connectivity index (χ1) is 9.92. The third-order valence-corrected chi connectivity index (χ3v) is 4.13. The van der Waals surface area contributed by atoms with E-state index in [-0.39, 0.29) is 11.9 Å². The van der Waals surface area contributed by atoms with Crippen LogP contribution in [-0.2, 0) is 6.42 Å². The summed E-state index contributed by atoms with van der Waals surface area (Å²) < 4.78 is 14.2. The number of nitrogens with one attached hydrogen (secondary N) is 1. The molecule has 0 aliphatic carbocycles. The predicted molar refractivity (Wildman–Crippen MR) is 87.3 cm³/mol. The van der Waals surface area contributed by atoms with Crippen molar-refractivity contribution in [3.05, 3.63) is 69.5 Å². The highest BCUT2D eigenvalue weighted by atomic mass is 19.1. The zero-order valence-electron chi connectivity index (χ0n) is 13.5. The zero-order chi connectivity index (χ0) is 15.6. The first-order valence-electron chi connectivity index (χ1n) is 7.42. The standard InChI is InChI=1S/C19H24FN/c1-12-6-7-16(18(20)10-12)19(21-5)11-17-14(3)8-13(2)9-15(17)4/h6-10,19,21H,11H2,1-5H3. The van der Waals surface area contributed by atoms with Gasteiger partial charge in [-0.3, -0.25) is 0 Å². The molecule has 0 amide bonds. The minimum atomic E-state index is -0.128. The Kier molecular flexibility index (Phi) is 4.79. The van der Waals surface area contributed by atoms with Crippen LogP contribution in [0.25, 0.3) is 0 Å². The molecule has 0 aliphatic rings. The second kappa shape index (κ2) is 6.40. The quantitative estimate of drug-likeness (QED) is 0.868. The van der Waals surface area contributed by atoms with E-state index in [9.17, 15) is 4.39 Å². The van der Waals surface area contributed by atoms with Gasteiger partial charge in [0.05, 0.1) is 0 Å². The average Bonchev–Trinajstić information content (AvgIpc) is 2.39. The molecule has 0 heterocycles. The highest BCUT2D eigenvalue weighted by molar-refractivity contribution is 5.39. The van der Waals surface area contributed by atoms with Crippen molar-refractivity contribution in [2.75, 3.05) is 7.05 Å². The van der Waals surface area contributed by atoms with Crippen LogP contribution in [0.4, 0.5) is 4.39 Å². The van der Waals surface area contributed by atoms with Gasteiger partial charge in [0.2, 0.25) is 0 Å². The van der Waals surface area contributed by atoms with Gasteiger partial charge in [-0.2, -0.15) is 0 Å². The molecule has 0 aliphatic heterocycles. The number of hydrogen-bond acceptors (Lipinski definition) is 1. The van der Waals surface area contributed by atoms with Crippen molar-refractivity contribution in [3.8, 4) is 0 Å². The molecule has 2 rings (SSSR count). The van der Waals surface area contributed by atoms with E-state index in [0.29, 0.717) is 0 Å². The maximum Gasteiger partial charge on any atom is 0.128 e. The highest BCUT2D eigenvalue weighted by Crippen LogP contribution is 2.26. The van der Waals surface area contributed by atoms with Crippen LogP contribution in [-0.4, -0.2) is 7.05 Å². The lowest BCUT2D eigenvalue weighted by atomic mass is 9.91. The van der Waals surface area contributed by atoms with Crippen molar-refractivity contribution < 1.29 is 4.39 Å². The smallest absolute Gasteiger partial charge is 0.128 e. The molecule has 1 nitrogen and oxygen atoms in total. The van der Waals surface area contributed by atoms with Crippen molar-refractivity contribution >= 4 is 0 Å². The molecule has 2 aromatic rings. The van der Waals surface area contributed by atoms with Gasteiger partial charge in [-0.25, -0.2) is 4.39 Å². The molecule has 0 saturated carbocycles. The van der Waals surface area contributed by atoms with Crippen LogP contribution in [0.2, 0.25) is 0 Å². The van der Waals surface area contributed by atoms with Gasteiger partial charge in [-0.05, 0) is 69.5 Å². The second-order valence-electron chi connectivity index (χ2n) is 5.95. The van der Waals surface area contributed by atoms with Gasteiger partial charge in [-0.15, -0.1) is 0 Å². The van der Waals surface area contributed by atoms with Gasteiger partial charge < -0.3 is 5.32 Å².